The average molecular weight is 234 g/mol. The van der Waals surface area contributed by atoms with Gasteiger partial charge in [-0.3, -0.25) is 0 Å². The lowest BCUT2D eigenvalue weighted by molar-refractivity contribution is -0.137. The van der Waals surface area contributed by atoms with Crippen molar-refractivity contribution in [1.29, 1.82) is 0 Å². The first-order chi connectivity index (χ1) is 7.36. The molecule has 0 aliphatic carbocycles. The fourth-order valence-corrected chi connectivity index (χ4v) is 1.47. The summed E-state index contributed by atoms with van der Waals surface area (Å²) in [5, 5.41) is 9.59. The SMILES string of the molecule is COCC(O)c1ccc(C(F)(F)F)cc1C. The summed E-state index contributed by atoms with van der Waals surface area (Å²) in [7, 11) is 1.42. The summed E-state index contributed by atoms with van der Waals surface area (Å²) < 4.78 is 41.8. The van der Waals surface area contributed by atoms with Gasteiger partial charge in [0.25, 0.3) is 0 Å². The first-order valence-electron chi connectivity index (χ1n) is 4.71. The fourth-order valence-electron chi connectivity index (χ4n) is 1.47. The number of aliphatic hydroxyl groups excluding tert-OH is 1. The molecule has 0 spiro atoms. The number of aliphatic hydroxyl groups is 1. The summed E-state index contributed by atoms with van der Waals surface area (Å²) in [6.07, 6.45) is -5.25. The van der Waals surface area contributed by atoms with Crippen molar-refractivity contribution in [3.63, 3.8) is 0 Å². The molecule has 0 fully saturated rings. The van der Waals surface area contributed by atoms with Gasteiger partial charge >= 0.3 is 6.18 Å². The van der Waals surface area contributed by atoms with Crippen LogP contribution in [0.3, 0.4) is 0 Å². The predicted octanol–water partition coefficient (Wildman–Crippen LogP) is 2.69. The Morgan fingerprint density at radius 3 is 2.44 bits per heavy atom. The monoisotopic (exact) mass is 234 g/mol. The van der Waals surface area contributed by atoms with Gasteiger partial charge in [0.05, 0.1) is 12.2 Å². The Kier molecular flexibility index (Phi) is 3.93. The highest BCUT2D eigenvalue weighted by molar-refractivity contribution is 5.33. The van der Waals surface area contributed by atoms with E-state index in [4.69, 9.17) is 4.74 Å². The number of aryl methyl sites for hydroxylation is 1. The highest BCUT2D eigenvalue weighted by Crippen LogP contribution is 2.31. The number of methoxy groups -OCH3 is 1. The summed E-state index contributed by atoms with van der Waals surface area (Å²) in [5.41, 5.74) is 0.146. The zero-order chi connectivity index (χ0) is 12.3. The first-order valence-corrected chi connectivity index (χ1v) is 4.71. The van der Waals surface area contributed by atoms with E-state index >= 15 is 0 Å². The van der Waals surface area contributed by atoms with E-state index in [1.165, 1.54) is 20.1 Å². The molecule has 16 heavy (non-hydrogen) atoms. The van der Waals surface area contributed by atoms with E-state index in [1.54, 1.807) is 0 Å². The van der Waals surface area contributed by atoms with Crippen LogP contribution in [0.2, 0.25) is 0 Å². The second-order valence-corrected chi connectivity index (χ2v) is 3.54. The van der Waals surface area contributed by atoms with Crippen LogP contribution in [0, 0.1) is 6.92 Å². The second-order valence-electron chi connectivity index (χ2n) is 3.54. The number of benzene rings is 1. The molecule has 0 heterocycles. The van der Waals surface area contributed by atoms with Gasteiger partial charge in [-0.15, -0.1) is 0 Å². The van der Waals surface area contributed by atoms with Gasteiger partial charge in [-0.2, -0.15) is 13.2 Å². The predicted molar refractivity (Wildman–Crippen MR) is 53.0 cm³/mol. The molecular weight excluding hydrogens is 221 g/mol. The number of ether oxygens (including phenoxy) is 1. The number of hydrogen-bond acceptors (Lipinski definition) is 2. The van der Waals surface area contributed by atoms with Gasteiger partial charge in [0.15, 0.2) is 0 Å². The molecule has 1 aromatic carbocycles. The average Bonchev–Trinajstić information content (AvgIpc) is 2.16. The summed E-state index contributed by atoms with van der Waals surface area (Å²) in [6, 6.07) is 3.26. The van der Waals surface area contributed by atoms with Gasteiger partial charge in [-0.25, -0.2) is 0 Å². The molecule has 90 valence electrons. The molecule has 0 aliphatic rings. The van der Waals surface area contributed by atoms with E-state index in [0.717, 1.165) is 12.1 Å². The third kappa shape index (κ3) is 2.96. The standard InChI is InChI=1S/C11H13F3O2/c1-7-5-8(11(12,13)14)3-4-9(7)10(15)6-16-2/h3-5,10,15H,6H2,1-2H3. The summed E-state index contributed by atoms with van der Waals surface area (Å²) in [5.74, 6) is 0. The lowest BCUT2D eigenvalue weighted by atomic mass is 10.0. The highest BCUT2D eigenvalue weighted by Gasteiger charge is 2.30. The van der Waals surface area contributed by atoms with Gasteiger partial charge in [0.2, 0.25) is 0 Å². The molecule has 1 unspecified atom stereocenters. The highest BCUT2D eigenvalue weighted by atomic mass is 19.4. The van der Waals surface area contributed by atoms with Crippen molar-refractivity contribution in [3.8, 4) is 0 Å². The summed E-state index contributed by atoms with van der Waals surface area (Å²) >= 11 is 0. The third-order valence-electron chi connectivity index (χ3n) is 2.28. The molecule has 2 nitrogen and oxygen atoms in total. The maximum Gasteiger partial charge on any atom is 0.416 e. The molecular formula is C11H13F3O2. The maximum atomic E-state index is 12.4. The van der Waals surface area contributed by atoms with Crippen LogP contribution in [0.15, 0.2) is 18.2 Å². The lowest BCUT2D eigenvalue weighted by Crippen LogP contribution is -2.10. The van der Waals surface area contributed by atoms with Crippen molar-refractivity contribution in [1.82, 2.24) is 0 Å². The van der Waals surface area contributed by atoms with Crippen LogP contribution >= 0.6 is 0 Å². The minimum absolute atomic E-state index is 0.0617. The Morgan fingerprint density at radius 2 is 2.00 bits per heavy atom. The molecule has 0 saturated heterocycles. The Balaban J connectivity index is 3.00. The Hall–Kier alpha value is -1.07. The van der Waals surface area contributed by atoms with Gasteiger partial charge < -0.3 is 9.84 Å². The largest absolute Gasteiger partial charge is 0.416 e. The number of rotatable bonds is 3. The molecule has 0 saturated carbocycles. The second kappa shape index (κ2) is 4.84. The number of alkyl halides is 3. The van der Waals surface area contributed by atoms with E-state index in [2.05, 4.69) is 0 Å². The van der Waals surface area contributed by atoms with Crippen molar-refractivity contribution in [2.24, 2.45) is 0 Å². The van der Waals surface area contributed by atoms with Crippen LogP contribution in [-0.4, -0.2) is 18.8 Å². The lowest BCUT2D eigenvalue weighted by Gasteiger charge is -2.15. The van der Waals surface area contributed by atoms with Crippen LogP contribution in [-0.2, 0) is 10.9 Å². The van der Waals surface area contributed by atoms with Gasteiger partial charge in [-0.05, 0) is 30.2 Å². The Morgan fingerprint density at radius 1 is 1.38 bits per heavy atom. The minimum Gasteiger partial charge on any atom is -0.386 e. The van der Waals surface area contributed by atoms with Crippen LogP contribution in [0.25, 0.3) is 0 Å². The van der Waals surface area contributed by atoms with E-state index in [0.29, 0.717) is 11.1 Å². The van der Waals surface area contributed by atoms with Crippen molar-refractivity contribution in [3.05, 3.63) is 34.9 Å². The van der Waals surface area contributed by atoms with E-state index in [1.807, 2.05) is 0 Å². The van der Waals surface area contributed by atoms with Crippen molar-refractivity contribution >= 4 is 0 Å². The van der Waals surface area contributed by atoms with E-state index < -0.39 is 17.8 Å². The molecule has 0 radical (unpaired) electrons. The van der Waals surface area contributed by atoms with Crippen molar-refractivity contribution < 1.29 is 23.0 Å². The van der Waals surface area contributed by atoms with Crippen LogP contribution in [0.5, 0.6) is 0 Å². The smallest absolute Gasteiger partial charge is 0.386 e. The van der Waals surface area contributed by atoms with E-state index in [9.17, 15) is 18.3 Å². The zero-order valence-corrected chi connectivity index (χ0v) is 9.01. The van der Waals surface area contributed by atoms with Crippen LogP contribution in [0.4, 0.5) is 13.2 Å². The summed E-state index contributed by atoms with van der Waals surface area (Å²) in [4.78, 5) is 0. The molecule has 0 aliphatic heterocycles. The Labute approximate surface area is 91.7 Å². The minimum atomic E-state index is -4.35. The molecule has 0 bridgehead atoms. The number of hydrogen-bond donors (Lipinski definition) is 1. The first kappa shape index (κ1) is 13.0. The van der Waals surface area contributed by atoms with Crippen LogP contribution < -0.4 is 0 Å². The topological polar surface area (TPSA) is 29.5 Å². The molecule has 1 rings (SSSR count). The van der Waals surface area contributed by atoms with Crippen LogP contribution in [0.1, 0.15) is 22.8 Å². The van der Waals surface area contributed by atoms with E-state index in [-0.39, 0.29) is 6.61 Å². The van der Waals surface area contributed by atoms with Crippen molar-refractivity contribution in [2.45, 2.75) is 19.2 Å². The molecule has 0 aromatic heterocycles. The molecule has 1 atom stereocenters. The van der Waals surface area contributed by atoms with Gasteiger partial charge in [0.1, 0.15) is 6.10 Å². The molecule has 1 aromatic rings. The van der Waals surface area contributed by atoms with Gasteiger partial charge in [-0.1, -0.05) is 6.07 Å². The summed E-state index contributed by atoms with van der Waals surface area (Å²) in [6.45, 7) is 1.59. The zero-order valence-electron chi connectivity index (χ0n) is 9.01. The fraction of sp³-hybridized carbons (Fsp3) is 0.455. The van der Waals surface area contributed by atoms with Gasteiger partial charge in [0, 0.05) is 7.11 Å². The quantitative estimate of drug-likeness (QED) is 0.871. The molecule has 5 heteroatoms. The van der Waals surface area contributed by atoms with Crippen molar-refractivity contribution in [2.75, 3.05) is 13.7 Å². The third-order valence-corrected chi connectivity index (χ3v) is 2.28. The normalized spacial score (nSPS) is 13.9. The Bertz CT molecular complexity index is 361. The number of halogens is 3. The maximum absolute atomic E-state index is 12.4. The molecule has 0 amide bonds. The molecule has 1 N–H and O–H groups in total.